The lowest BCUT2D eigenvalue weighted by molar-refractivity contribution is 0.0411. The Morgan fingerprint density at radius 1 is 0.568 bits per heavy atom. The van der Waals surface area contributed by atoms with Gasteiger partial charge >= 0.3 is 24.4 Å². The zero-order valence-electron chi connectivity index (χ0n) is 23.6. The monoisotopic (exact) mass is 587 g/mol. The van der Waals surface area contributed by atoms with Crippen molar-refractivity contribution in [1.82, 2.24) is 4.98 Å². The van der Waals surface area contributed by atoms with Crippen LogP contribution in [0.1, 0.15) is 83.1 Å². The fourth-order valence-electron chi connectivity index (χ4n) is 2.45. The summed E-state index contributed by atoms with van der Waals surface area (Å²) < 4.78 is 21.8. The van der Waals surface area contributed by atoms with Crippen LogP contribution in [0.4, 0.5) is 30.8 Å². The Kier molecular flexibility index (Phi) is 9.76. The lowest BCUT2D eigenvalue weighted by atomic mass is 10.2. The number of aromatic nitrogens is 1. The second-order valence-corrected chi connectivity index (χ2v) is 13.0. The Morgan fingerprint density at radius 2 is 0.784 bits per heavy atom. The van der Waals surface area contributed by atoms with Crippen LogP contribution in [0.15, 0.2) is 16.6 Å². The maximum Gasteiger partial charge on any atom is 0.425 e. The summed E-state index contributed by atoms with van der Waals surface area (Å²) in [6, 6.07) is 2.67. The molecule has 0 unspecified atom stereocenters. The fourth-order valence-corrected chi connectivity index (χ4v) is 2.86. The van der Waals surface area contributed by atoms with E-state index in [0.717, 1.165) is 0 Å². The number of carbonyl (C=O) groups excluding carboxylic acids is 4. The molecule has 0 aliphatic rings. The first kappa shape index (κ1) is 32.1. The SMILES string of the molecule is CC(C)(C)OC(=O)N(C(=O)OC(C)(C)C)c1cc(Br)cc(N(C(=O)OC(C)(C)C)C(=O)OC(C)(C)C)n1. The van der Waals surface area contributed by atoms with E-state index in [4.69, 9.17) is 18.9 Å². The van der Waals surface area contributed by atoms with Crippen molar-refractivity contribution in [2.24, 2.45) is 0 Å². The summed E-state index contributed by atoms with van der Waals surface area (Å²) in [5.41, 5.74) is -3.81. The molecule has 0 saturated heterocycles. The Hall–Kier alpha value is -2.89. The van der Waals surface area contributed by atoms with Gasteiger partial charge in [-0.1, -0.05) is 15.9 Å². The average molecular weight is 588 g/mol. The summed E-state index contributed by atoms with van der Waals surface area (Å²) in [7, 11) is 0. The van der Waals surface area contributed by atoms with Gasteiger partial charge in [0.25, 0.3) is 0 Å². The van der Waals surface area contributed by atoms with E-state index in [9.17, 15) is 19.2 Å². The maximum absolute atomic E-state index is 13.1. The number of rotatable bonds is 2. The van der Waals surface area contributed by atoms with E-state index in [1.807, 2.05) is 0 Å². The van der Waals surface area contributed by atoms with E-state index >= 15 is 0 Å². The number of imide groups is 2. The van der Waals surface area contributed by atoms with Crippen LogP contribution in [0.3, 0.4) is 0 Å². The molecule has 0 saturated carbocycles. The summed E-state index contributed by atoms with van der Waals surface area (Å²) in [4.78, 5) is 57.7. The highest BCUT2D eigenvalue weighted by atomic mass is 79.9. The number of anilines is 2. The molecule has 208 valence electrons. The molecule has 0 N–H and O–H groups in total. The zero-order valence-corrected chi connectivity index (χ0v) is 25.2. The molecule has 0 bridgehead atoms. The van der Waals surface area contributed by atoms with Crippen LogP contribution < -0.4 is 9.80 Å². The minimum absolute atomic E-state index is 0.273. The number of halogens is 1. The van der Waals surface area contributed by atoms with Crippen LogP contribution in [-0.2, 0) is 18.9 Å². The first-order valence-corrected chi connectivity index (χ1v) is 12.4. The van der Waals surface area contributed by atoms with Crippen LogP contribution in [-0.4, -0.2) is 51.8 Å². The first-order valence-electron chi connectivity index (χ1n) is 11.6. The van der Waals surface area contributed by atoms with Crippen molar-refractivity contribution in [3.8, 4) is 0 Å². The van der Waals surface area contributed by atoms with Crippen LogP contribution in [0.25, 0.3) is 0 Å². The van der Waals surface area contributed by atoms with Gasteiger partial charge in [-0.05, 0) is 95.2 Å². The lowest BCUT2D eigenvalue weighted by Gasteiger charge is -2.30. The third-order valence-corrected chi connectivity index (χ3v) is 3.98. The van der Waals surface area contributed by atoms with E-state index in [2.05, 4.69) is 20.9 Å². The van der Waals surface area contributed by atoms with Gasteiger partial charge in [0, 0.05) is 4.47 Å². The van der Waals surface area contributed by atoms with Gasteiger partial charge in [0.1, 0.15) is 22.4 Å². The Balaban J connectivity index is 3.74. The Morgan fingerprint density at radius 3 is 0.973 bits per heavy atom. The largest absolute Gasteiger partial charge is 0.443 e. The highest BCUT2D eigenvalue weighted by molar-refractivity contribution is 9.10. The van der Waals surface area contributed by atoms with Gasteiger partial charge in [-0.3, -0.25) is 0 Å². The number of pyridine rings is 1. The van der Waals surface area contributed by atoms with Crippen molar-refractivity contribution in [2.45, 2.75) is 105 Å². The minimum Gasteiger partial charge on any atom is -0.443 e. The fraction of sp³-hybridized carbons (Fsp3) is 0.640. The number of hydrogen-bond acceptors (Lipinski definition) is 9. The lowest BCUT2D eigenvalue weighted by Crippen LogP contribution is -2.45. The maximum atomic E-state index is 13.1. The van der Waals surface area contributed by atoms with Gasteiger partial charge in [-0.15, -0.1) is 0 Å². The molecule has 1 heterocycles. The predicted molar refractivity (Wildman–Crippen MR) is 142 cm³/mol. The van der Waals surface area contributed by atoms with Crippen LogP contribution in [0.5, 0.6) is 0 Å². The van der Waals surface area contributed by atoms with Crippen molar-refractivity contribution in [3.05, 3.63) is 16.6 Å². The van der Waals surface area contributed by atoms with Crippen molar-refractivity contribution in [3.63, 3.8) is 0 Å². The number of nitrogens with zero attached hydrogens (tertiary/aromatic N) is 3. The van der Waals surface area contributed by atoms with Crippen molar-refractivity contribution in [2.75, 3.05) is 9.80 Å². The molecule has 0 aromatic carbocycles. The number of hydrogen-bond donors (Lipinski definition) is 0. The predicted octanol–water partition coefficient (Wildman–Crippen LogP) is 7.20. The number of amides is 4. The molecule has 12 heteroatoms. The van der Waals surface area contributed by atoms with Gasteiger partial charge in [-0.25, -0.2) is 24.2 Å². The smallest absolute Gasteiger partial charge is 0.425 e. The van der Waals surface area contributed by atoms with E-state index in [1.54, 1.807) is 83.1 Å². The molecule has 1 aromatic rings. The molecule has 1 aromatic heterocycles. The number of carbonyl (C=O) groups is 4. The summed E-state index contributed by atoms with van der Waals surface area (Å²) in [6.07, 6.45) is -4.28. The normalized spacial score (nSPS) is 12.4. The molecular formula is C25H38BrN3O8. The third-order valence-electron chi connectivity index (χ3n) is 3.53. The third kappa shape index (κ3) is 11.4. The topological polar surface area (TPSA) is 125 Å². The van der Waals surface area contributed by atoms with Gasteiger partial charge < -0.3 is 18.9 Å². The van der Waals surface area contributed by atoms with Crippen LogP contribution in [0, 0.1) is 0 Å². The molecule has 0 radical (unpaired) electrons. The van der Waals surface area contributed by atoms with E-state index in [0.29, 0.717) is 9.80 Å². The Labute approximate surface area is 226 Å². The molecule has 0 atom stereocenters. The van der Waals surface area contributed by atoms with Crippen molar-refractivity contribution >= 4 is 51.9 Å². The van der Waals surface area contributed by atoms with E-state index in [1.165, 1.54) is 12.1 Å². The molecule has 0 spiro atoms. The van der Waals surface area contributed by atoms with Crippen LogP contribution >= 0.6 is 15.9 Å². The van der Waals surface area contributed by atoms with Gasteiger partial charge in [0.05, 0.1) is 0 Å². The summed E-state index contributed by atoms with van der Waals surface area (Å²) in [6.45, 7) is 19.6. The number of ether oxygens (including phenoxy) is 4. The highest BCUT2D eigenvalue weighted by Gasteiger charge is 2.37. The Bertz CT molecular complexity index is 896. The highest BCUT2D eigenvalue weighted by Crippen LogP contribution is 2.29. The molecule has 0 fully saturated rings. The van der Waals surface area contributed by atoms with E-state index in [-0.39, 0.29) is 16.1 Å². The summed E-state index contributed by atoms with van der Waals surface area (Å²) in [5, 5.41) is 0. The van der Waals surface area contributed by atoms with E-state index < -0.39 is 46.8 Å². The molecular weight excluding hydrogens is 550 g/mol. The summed E-state index contributed by atoms with van der Waals surface area (Å²) in [5.74, 6) is -0.546. The van der Waals surface area contributed by atoms with Gasteiger partial charge in [-0.2, -0.15) is 9.80 Å². The molecule has 11 nitrogen and oxygen atoms in total. The second-order valence-electron chi connectivity index (χ2n) is 12.1. The van der Waals surface area contributed by atoms with Crippen LogP contribution in [0.2, 0.25) is 0 Å². The molecule has 37 heavy (non-hydrogen) atoms. The molecule has 0 aliphatic carbocycles. The standard InChI is InChI=1S/C25H38BrN3O8/c1-22(2,3)34-18(30)28(19(31)35-23(4,5)6)16-13-15(26)14-17(27-16)29(20(32)36-24(7,8)9)21(33)37-25(10,11)12/h13-14H,1-12H3. The van der Waals surface area contributed by atoms with Gasteiger partial charge in [0.15, 0.2) is 11.6 Å². The van der Waals surface area contributed by atoms with Crippen molar-refractivity contribution in [1.29, 1.82) is 0 Å². The minimum atomic E-state index is -1.07. The summed E-state index contributed by atoms with van der Waals surface area (Å²) >= 11 is 3.29. The molecule has 0 aliphatic heterocycles. The van der Waals surface area contributed by atoms with Crippen molar-refractivity contribution < 1.29 is 38.1 Å². The quantitative estimate of drug-likeness (QED) is 0.330. The first-order chi connectivity index (χ1) is 16.4. The average Bonchev–Trinajstić information content (AvgIpc) is 2.54. The van der Waals surface area contributed by atoms with Gasteiger partial charge in [0.2, 0.25) is 0 Å². The second kappa shape index (κ2) is 11.2. The molecule has 1 rings (SSSR count). The zero-order chi connectivity index (χ0) is 29.1. The molecule has 4 amide bonds.